The van der Waals surface area contributed by atoms with Crippen LogP contribution in [0.5, 0.6) is 0 Å². The zero-order valence-electron chi connectivity index (χ0n) is 13.8. The molecule has 0 amide bonds. The standard InChI is InChI=1S/C18H38O/c1-4-7-10-11-12-14-17-18(19,15-9-6-3)16-13-8-5-2/h19H,4-17H2,1-3H3. The van der Waals surface area contributed by atoms with Crippen LogP contribution in [0, 0.1) is 0 Å². The average molecular weight is 271 g/mol. The number of unbranched alkanes of at least 4 members (excludes halogenated alkanes) is 8. The van der Waals surface area contributed by atoms with Crippen LogP contribution in [0.1, 0.15) is 111 Å². The highest BCUT2D eigenvalue weighted by Gasteiger charge is 2.24. The molecule has 0 rings (SSSR count). The maximum Gasteiger partial charge on any atom is 0.0647 e. The van der Waals surface area contributed by atoms with E-state index in [-0.39, 0.29) is 5.60 Å². The van der Waals surface area contributed by atoms with Crippen molar-refractivity contribution in [3.8, 4) is 0 Å². The van der Waals surface area contributed by atoms with Gasteiger partial charge in [-0.25, -0.2) is 0 Å². The molecule has 0 aromatic carbocycles. The highest BCUT2D eigenvalue weighted by Crippen LogP contribution is 2.28. The lowest BCUT2D eigenvalue weighted by Crippen LogP contribution is -2.28. The summed E-state index contributed by atoms with van der Waals surface area (Å²) in [5.74, 6) is 0. The third kappa shape index (κ3) is 11.5. The van der Waals surface area contributed by atoms with Crippen molar-refractivity contribution in [2.24, 2.45) is 0 Å². The summed E-state index contributed by atoms with van der Waals surface area (Å²) < 4.78 is 0. The molecule has 1 unspecified atom stereocenters. The summed E-state index contributed by atoms with van der Waals surface area (Å²) in [6.07, 6.45) is 17.1. The van der Waals surface area contributed by atoms with Crippen LogP contribution in [-0.4, -0.2) is 10.7 Å². The van der Waals surface area contributed by atoms with E-state index >= 15 is 0 Å². The second kappa shape index (κ2) is 13.0. The maximum absolute atomic E-state index is 10.8. The zero-order valence-corrected chi connectivity index (χ0v) is 13.8. The van der Waals surface area contributed by atoms with E-state index in [4.69, 9.17) is 0 Å². The van der Waals surface area contributed by atoms with E-state index in [0.29, 0.717) is 0 Å². The molecule has 1 nitrogen and oxygen atoms in total. The molecule has 0 spiro atoms. The van der Waals surface area contributed by atoms with Crippen LogP contribution in [0.2, 0.25) is 0 Å². The lowest BCUT2D eigenvalue weighted by Gasteiger charge is -2.28. The van der Waals surface area contributed by atoms with E-state index in [1.165, 1.54) is 70.6 Å². The third-order valence-corrected chi connectivity index (χ3v) is 4.24. The summed E-state index contributed by atoms with van der Waals surface area (Å²) in [5.41, 5.74) is -0.351. The van der Waals surface area contributed by atoms with Crippen molar-refractivity contribution in [2.75, 3.05) is 0 Å². The van der Waals surface area contributed by atoms with Crippen LogP contribution in [0.3, 0.4) is 0 Å². The van der Waals surface area contributed by atoms with Crippen LogP contribution in [0.4, 0.5) is 0 Å². The van der Waals surface area contributed by atoms with Crippen LogP contribution in [0.15, 0.2) is 0 Å². The Morgan fingerprint density at radius 2 is 0.895 bits per heavy atom. The Hall–Kier alpha value is -0.0400. The van der Waals surface area contributed by atoms with Crippen LogP contribution in [-0.2, 0) is 0 Å². The molecular weight excluding hydrogens is 232 g/mol. The predicted molar refractivity (Wildman–Crippen MR) is 86.6 cm³/mol. The lowest BCUT2D eigenvalue weighted by molar-refractivity contribution is 0.00757. The van der Waals surface area contributed by atoms with Crippen LogP contribution < -0.4 is 0 Å². The van der Waals surface area contributed by atoms with Crippen molar-refractivity contribution in [1.82, 2.24) is 0 Å². The molecule has 1 heteroatoms. The topological polar surface area (TPSA) is 20.2 Å². The number of hydrogen-bond donors (Lipinski definition) is 1. The highest BCUT2D eigenvalue weighted by molar-refractivity contribution is 4.78. The fourth-order valence-electron chi connectivity index (χ4n) is 2.82. The maximum atomic E-state index is 10.8. The summed E-state index contributed by atoms with van der Waals surface area (Å²) in [6.45, 7) is 6.72. The van der Waals surface area contributed by atoms with Gasteiger partial charge in [0, 0.05) is 0 Å². The van der Waals surface area contributed by atoms with Gasteiger partial charge in [-0.3, -0.25) is 0 Å². The van der Waals surface area contributed by atoms with E-state index in [0.717, 1.165) is 19.3 Å². The summed E-state index contributed by atoms with van der Waals surface area (Å²) in [6, 6.07) is 0. The molecule has 0 aromatic heterocycles. The summed E-state index contributed by atoms with van der Waals surface area (Å²) in [4.78, 5) is 0. The molecule has 0 aliphatic rings. The van der Waals surface area contributed by atoms with E-state index in [1.807, 2.05) is 0 Å². The number of rotatable bonds is 14. The Morgan fingerprint density at radius 1 is 0.526 bits per heavy atom. The van der Waals surface area contributed by atoms with E-state index < -0.39 is 0 Å². The molecule has 0 aliphatic heterocycles. The second-order valence-electron chi connectivity index (χ2n) is 6.30. The Bertz CT molecular complexity index is 179. The minimum absolute atomic E-state index is 0.351. The minimum Gasteiger partial charge on any atom is -0.390 e. The van der Waals surface area contributed by atoms with E-state index in [2.05, 4.69) is 20.8 Å². The SMILES string of the molecule is CCCCCCCCC(O)(CCCC)CCCCC. The Morgan fingerprint density at radius 3 is 1.47 bits per heavy atom. The molecule has 0 saturated carbocycles. The van der Waals surface area contributed by atoms with Crippen molar-refractivity contribution < 1.29 is 5.11 Å². The molecule has 0 radical (unpaired) electrons. The first-order chi connectivity index (χ1) is 9.18. The van der Waals surface area contributed by atoms with Gasteiger partial charge >= 0.3 is 0 Å². The molecule has 0 heterocycles. The summed E-state index contributed by atoms with van der Waals surface area (Å²) >= 11 is 0. The quantitative estimate of drug-likeness (QED) is 0.370. The van der Waals surface area contributed by atoms with Gasteiger partial charge in [-0.15, -0.1) is 0 Å². The highest BCUT2D eigenvalue weighted by atomic mass is 16.3. The van der Waals surface area contributed by atoms with Gasteiger partial charge in [-0.05, 0) is 19.3 Å². The Labute approximate surface area is 122 Å². The zero-order chi connectivity index (χ0) is 14.4. The average Bonchev–Trinajstić information content (AvgIpc) is 2.41. The number of hydrogen-bond acceptors (Lipinski definition) is 1. The van der Waals surface area contributed by atoms with Crippen molar-refractivity contribution in [1.29, 1.82) is 0 Å². The molecule has 0 aliphatic carbocycles. The van der Waals surface area contributed by atoms with Gasteiger partial charge < -0.3 is 5.11 Å². The fourth-order valence-corrected chi connectivity index (χ4v) is 2.82. The van der Waals surface area contributed by atoms with Gasteiger partial charge in [0.15, 0.2) is 0 Å². The van der Waals surface area contributed by atoms with Crippen molar-refractivity contribution in [3.63, 3.8) is 0 Å². The van der Waals surface area contributed by atoms with E-state index in [1.54, 1.807) is 0 Å². The minimum atomic E-state index is -0.351. The molecule has 1 atom stereocenters. The first-order valence-electron chi connectivity index (χ1n) is 8.91. The normalized spacial score (nSPS) is 14.5. The molecule has 0 fully saturated rings. The summed E-state index contributed by atoms with van der Waals surface area (Å²) in [7, 11) is 0. The van der Waals surface area contributed by atoms with Crippen molar-refractivity contribution >= 4 is 0 Å². The fraction of sp³-hybridized carbons (Fsp3) is 1.00. The largest absolute Gasteiger partial charge is 0.390 e. The Balaban J connectivity index is 3.83. The first-order valence-corrected chi connectivity index (χ1v) is 8.91. The first kappa shape index (κ1) is 19.0. The van der Waals surface area contributed by atoms with Gasteiger partial charge in [0.25, 0.3) is 0 Å². The van der Waals surface area contributed by atoms with Gasteiger partial charge in [0.05, 0.1) is 5.60 Å². The lowest BCUT2D eigenvalue weighted by atomic mass is 9.85. The molecule has 1 N–H and O–H groups in total. The van der Waals surface area contributed by atoms with E-state index in [9.17, 15) is 5.11 Å². The Kier molecular flexibility index (Phi) is 12.9. The molecule has 0 bridgehead atoms. The van der Waals surface area contributed by atoms with Crippen molar-refractivity contribution in [2.45, 2.75) is 116 Å². The molecular formula is C18H38O. The molecule has 0 aromatic rings. The van der Waals surface area contributed by atoms with Crippen molar-refractivity contribution in [3.05, 3.63) is 0 Å². The second-order valence-corrected chi connectivity index (χ2v) is 6.30. The van der Waals surface area contributed by atoms with Gasteiger partial charge in [-0.1, -0.05) is 91.4 Å². The van der Waals surface area contributed by atoms with Gasteiger partial charge in [-0.2, -0.15) is 0 Å². The molecule has 19 heavy (non-hydrogen) atoms. The molecule has 0 saturated heterocycles. The van der Waals surface area contributed by atoms with Crippen LogP contribution >= 0.6 is 0 Å². The summed E-state index contributed by atoms with van der Waals surface area (Å²) in [5, 5.41) is 10.8. The van der Waals surface area contributed by atoms with Gasteiger partial charge in [0.1, 0.15) is 0 Å². The molecule has 116 valence electrons. The van der Waals surface area contributed by atoms with Crippen LogP contribution in [0.25, 0.3) is 0 Å². The van der Waals surface area contributed by atoms with Gasteiger partial charge in [0.2, 0.25) is 0 Å². The third-order valence-electron chi connectivity index (χ3n) is 4.24. The smallest absolute Gasteiger partial charge is 0.0647 e. The monoisotopic (exact) mass is 270 g/mol. The number of aliphatic hydroxyl groups is 1. The predicted octanol–water partition coefficient (Wildman–Crippen LogP) is 6.24.